The summed E-state index contributed by atoms with van der Waals surface area (Å²) in [6.45, 7) is 2.46. The zero-order valence-electron chi connectivity index (χ0n) is 18.3. The molecule has 1 N–H and O–H groups in total. The molecule has 2 aromatic carbocycles. The molecule has 0 radical (unpaired) electrons. The van der Waals surface area contributed by atoms with Gasteiger partial charge >= 0.3 is 5.97 Å². The molecule has 33 heavy (non-hydrogen) atoms. The first-order valence-corrected chi connectivity index (χ1v) is 11.1. The summed E-state index contributed by atoms with van der Waals surface area (Å²) < 4.78 is 25.0. The molecular weight excluding hydrogens is 451 g/mol. The predicted molar refractivity (Wildman–Crippen MR) is 120 cm³/mol. The number of nitrogens with zero attached hydrogens (tertiary/aromatic N) is 1. The lowest BCUT2D eigenvalue weighted by molar-refractivity contribution is -0.144. The summed E-state index contributed by atoms with van der Waals surface area (Å²) >= 11 is 5.96. The van der Waals surface area contributed by atoms with E-state index in [2.05, 4.69) is 5.32 Å². The lowest BCUT2D eigenvalue weighted by Gasteiger charge is -2.19. The molecule has 0 saturated carbocycles. The Balaban J connectivity index is 1.58. The van der Waals surface area contributed by atoms with Gasteiger partial charge in [0.05, 0.1) is 19.6 Å². The Bertz CT molecular complexity index is 983. The summed E-state index contributed by atoms with van der Waals surface area (Å²) in [5.41, 5.74) is 1.52. The number of carbonyl (C=O) groups excluding carboxylic acids is 3. The van der Waals surface area contributed by atoms with Crippen LogP contribution in [0.4, 0.5) is 4.39 Å². The smallest absolute Gasteiger partial charge is 0.307 e. The van der Waals surface area contributed by atoms with Gasteiger partial charge in [-0.05, 0) is 42.3 Å². The van der Waals surface area contributed by atoms with Crippen molar-refractivity contribution < 1.29 is 28.2 Å². The van der Waals surface area contributed by atoms with Gasteiger partial charge in [-0.25, -0.2) is 4.39 Å². The number of likely N-dealkylation sites (tertiary alicyclic amines) is 1. The Morgan fingerprint density at radius 1 is 1.15 bits per heavy atom. The molecule has 1 aliphatic heterocycles. The maximum Gasteiger partial charge on any atom is 0.307 e. The van der Waals surface area contributed by atoms with E-state index in [1.54, 1.807) is 25.1 Å². The molecule has 1 saturated heterocycles. The fourth-order valence-electron chi connectivity index (χ4n) is 3.52. The van der Waals surface area contributed by atoms with E-state index in [1.165, 1.54) is 12.1 Å². The molecule has 0 bridgehead atoms. The number of rotatable bonds is 11. The van der Waals surface area contributed by atoms with Crippen molar-refractivity contribution in [3.05, 3.63) is 64.4 Å². The van der Waals surface area contributed by atoms with E-state index in [4.69, 9.17) is 21.1 Å². The molecule has 2 aromatic rings. The van der Waals surface area contributed by atoms with Crippen LogP contribution in [-0.2, 0) is 25.7 Å². The van der Waals surface area contributed by atoms with Crippen molar-refractivity contribution in [2.45, 2.75) is 38.8 Å². The van der Waals surface area contributed by atoms with Gasteiger partial charge < -0.3 is 14.8 Å². The molecule has 1 heterocycles. The molecule has 2 amide bonds. The highest BCUT2D eigenvalue weighted by atomic mass is 35.5. The van der Waals surface area contributed by atoms with Crippen molar-refractivity contribution in [3.63, 3.8) is 0 Å². The molecule has 0 spiro atoms. The summed E-state index contributed by atoms with van der Waals surface area (Å²) in [4.78, 5) is 36.4. The third-order valence-corrected chi connectivity index (χ3v) is 5.48. The SMILES string of the molecule is CCOC(=O)CC(NCc1ccc(OCCN2C(=O)CCC2=O)c(F)c1)c1ccc(Cl)cc1. The molecule has 1 unspecified atom stereocenters. The average molecular weight is 477 g/mol. The minimum absolute atomic E-state index is 0.0180. The number of esters is 1. The van der Waals surface area contributed by atoms with Gasteiger partial charge in [0, 0.05) is 30.5 Å². The Kier molecular flexibility index (Phi) is 8.79. The van der Waals surface area contributed by atoms with Gasteiger partial charge in [0.25, 0.3) is 0 Å². The standard InChI is InChI=1S/C24H26ClFN2O5/c1-2-32-24(31)14-20(17-4-6-18(25)7-5-17)27-15-16-3-8-21(19(26)13-16)33-12-11-28-22(29)9-10-23(28)30/h3-8,13,20,27H,2,9-12,14-15H2,1H3. The van der Waals surface area contributed by atoms with Gasteiger partial charge in [-0.3, -0.25) is 19.3 Å². The average Bonchev–Trinajstić information content (AvgIpc) is 3.11. The molecule has 1 atom stereocenters. The second-order valence-corrected chi connectivity index (χ2v) is 7.98. The van der Waals surface area contributed by atoms with Crippen LogP contribution in [0.1, 0.15) is 43.4 Å². The number of imide groups is 1. The molecule has 3 rings (SSSR count). The van der Waals surface area contributed by atoms with Crippen molar-refractivity contribution in [2.24, 2.45) is 0 Å². The van der Waals surface area contributed by atoms with E-state index in [0.717, 1.165) is 10.5 Å². The van der Waals surface area contributed by atoms with Gasteiger partial charge in [-0.1, -0.05) is 29.8 Å². The zero-order chi connectivity index (χ0) is 23.8. The van der Waals surface area contributed by atoms with Crippen LogP contribution in [0.3, 0.4) is 0 Å². The number of carbonyl (C=O) groups is 3. The van der Waals surface area contributed by atoms with Gasteiger partial charge in [-0.2, -0.15) is 0 Å². The summed E-state index contributed by atoms with van der Waals surface area (Å²) in [7, 11) is 0. The highest BCUT2D eigenvalue weighted by Crippen LogP contribution is 2.23. The van der Waals surface area contributed by atoms with Crippen LogP contribution in [0.2, 0.25) is 5.02 Å². The number of ether oxygens (including phenoxy) is 2. The quantitative estimate of drug-likeness (QED) is 0.392. The van der Waals surface area contributed by atoms with Crippen molar-refractivity contribution in [2.75, 3.05) is 19.8 Å². The third-order valence-electron chi connectivity index (χ3n) is 5.22. The van der Waals surface area contributed by atoms with Crippen molar-refractivity contribution >= 4 is 29.4 Å². The minimum Gasteiger partial charge on any atom is -0.489 e. The number of halogens is 2. The number of hydrogen-bond donors (Lipinski definition) is 1. The number of nitrogens with one attached hydrogen (secondary N) is 1. The highest BCUT2D eigenvalue weighted by molar-refractivity contribution is 6.30. The summed E-state index contributed by atoms with van der Waals surface area (Å²) in [6, 6.07) is 11.4. The second kappa shape index (κ2) is 11.8. The van der Waals surface area contributed by atoms with Gasteiger partial charge in [0.15, 0.2) is 11.6 Å². The Hall–Kier alpha value is -2.97. The molecule has 0 aromatic heterocycles. The predicted octanol–water partition coefficient (Wildman–Crippen LogP) is 3.79. The first-order valence-electron chi connectivity index (χ1n) is 10.8. The summed E-state index contributed by atoms with van der Waals surface area (Å²) in [5, 5.41) is 3.85. The summed E-state index contributed by atoms with van der Waals surface area (Å²) in [5.74, 6) is -1.32. The fraction of sp³-hybridized carbons (Fsp3) is 0.375. The largest absolute Gasteiger partial charge is 0.489 e. The first-order chi connectivity index (χ1) is 15.9. The van der Waals surface area contributed by atoms with Crippen LogP contribution in [0, 0.1) is 5.82 Å². The van der Waals surface area contributed by atoms with Crippen LogP contribution >= 0.6 is 11.6 Å². The van der Waals surface area contributed by atoms with Gasteiger partial charge in [-0.15, -0.1) is 0 Å². The normalized spacial score (nSPS) is 14.5. The maximum absolute atomic E-state index is 14.5. The van der Waals surface area contributed by atoms with Crippen LogP contribution in [0.5, 0.6) is 5.75 Å². The molecule has 176 valence electrons. The monoisotopic (exact) mass is 476 g/mol. The molecule has 9 heteroatoms. The van der Waals surface area contributed by atoms with Crippen molar-refractivity contribution in [3.8, 4) is 5.75 Å². The van der Waals surface area contributed by atoms with E-state index in [9.17, 15) is 18.8 Å². The van der Waals surface area contributed by atoms with E-state index in [-0.39, 0.29) is 62.0 Å². The Morgan fingerprint density at radius 2 is 1.85 bits per heavy atom. The topological polar surface area (TPSA) is 84.9 Å². The maximum atomic E-state index is 14.5. The summed E-state index contributed by atoms with van der Waals surface area (Å²) in [6.07, 6.45) is 0.539. The first kappa shape index (κ1) is 24.7. The lowest BCUT2D eigenvalue weighted by Crippen LogP contribution is -2.33. The van der Waals surface area contributed by atoms with E-state index < -0.39 is 5.82 Å². The van der Waals surface area contributed by atoms with Crippen LogP contribution in [0.25, 0.3) is 0 Å². The van der Waals surface area contributed by atoms with Crippen LogP contribution in [0.15, 0.2) is 42.5 Å². The Labute approximate surface area is 196 Å². The minimum atomic E-state index is -0.554. The van der Waals surface area contributed by atoms with Gasteiger partial charge in [0.2, 0.25) is 11.8 Å². The number of hydrogen-bond acceptors (Lipinski definition) is 6. The molecule has 7 nitrogen and oxygen atoms in total. The van der Waals surface area contributed by atoms with Crippen LogP contribution in [-0.4, -0.2) is 42.4 Å². The molecule has 1 aliphatic rings. The zero-order valence-corrected chi connectivity index (χ0v) is 19.1. The fourth-order valence-corrected chi connectivity index (χ4v) is 3.65. The van der Waals surface area contributed by atoms with Crippen molar-refractivity contribution in [1.29, 1.82) is 0 Å². The Morgan fingerprint density at radius 3 is 2.48 bits per heavy atom. The third kappa shape index (κ3) is 7.00. The second-order valence-electron chi connectivity index (χ2n) is 7.55. The molecule has 0 aliphatic carbocycles. The van der Waals surface area contributed by atoms with E-state index in [1.807, 2.05) is 12.1 Å². The van der Waals surface area contributed by atoms with E-state index in [0.29, 0.717) is 23.7 Å². The number of amides is 2. The van der Waals surface area contributed by atoms with Crippen molar-refractivity contribution in [1.82, 2.24) is 10.2 Å². The number of benzene rings is 2. The van der Waals surface area contributed by atoms with E-state index >= 15 is 0 Å². The van der Waals surface area contributed by atoms with Crippen LogP contribution < -0.4 is 10.1 Å². The molecule has 1 fully saturated rings. The molecular formula is C24H26ClFN2O5. The lowest BCUT2D eigenvalue weighted by atomic mass is 10.0. The highest BCUT2D eigenvalue weighted by Gasteiger charge is 2.28. The van der Waals surface area contributed by atoms with Gasteiger partial charge in [0.1, 0.15) is 6.61 Å².